The smallest absolute Gasteiger partial charge is 0.198 e. The molecule has 0 aliphatic heterocycles. The van der Waals surface area contributed by atoms with Crippen LogP contribution in [-0.2, 0) is 0 Å². The van der Waals surface area contributed by atoms with Crippen molar-refractivity contribution in [2.45, 2.75) is 0 Å². The largest absolute Gasteiger partial charge is 0.507 e. The lowest BCUT2D eigenvalue weighted by atomic mass is 9.83. The highest BCUT2D eigenvalue weighted by atomic mass is 16.5. The highest BCUT2D eigenvalue weighted by Gasteiger charge is 2.35. The van der Waals surface area contributed by atoms with E-state index < -0.39 is 17.3 Å². The fourth-order valence-electron chi connectivity index (χ4n) is 2.44. The molecule has 0 fully saturated rings. The Kier molecular flexibility index (Phi) is 2.50. The van der Waals surface area contributed by atoms with Crippen molar-refractivity contribution in [1.82, 2.24) is 0 Å². The van der Waals surface area contributed by atoms with Crippen molar-refractivity contribution < 1.29 is 24.5 Å². The molecule has 0 aromatic heterocycles. The number of carbonyl (C=O) groups is 2. The summed E-state index contributed by atoms with van der Waals surface area (Å²) in [6, 6.07) is 7.33. The zero-order valence-electron chi connectivity index (χ0n) is 10.5. The van der Waals surface area contributed by atoms with Crippen molar-refractivity contribution in [3.63, 3.8) is 0 Å². The first kappa shape index (κ1) is 12.2. The van der Waals surface area contributed by atoms with Crippen LogP contribution in [0.15, 0.2) is 30.3 Å². The number of methoxy groups -OCH3 is 1. The Morgan fingerprint density at radius 1 is 0.900 bits per heavy atom. The standard InChI is InChI=1S/C15H10O5/c1-20-15-10(17)6-9(16)11-12(15)14(19)8-5-3-2-4-7(8)13(11)18/h2-6,16-17H,1H3. The van der Waals surface area contributed by atoms with Gasteiger partial charge < -0.3 is 14.9 Å². The molecule has 0 amide bonds. The molecule has 0 unspecified atom stereocenters. The van der Waals surface area contributed by atoms with E-state index in [1.54, 1.807) is 12.1 Å². The summed E-state index contributed by atoms with van der Waals surface area (Å²) in [6.45, 7) is 0. The second-order valence-corrected chi connectivity index (χ2v) is 4.40. The maximum absolute atomic E-state index is 12.5. The van der Waals surface area contributed by atoms with Crippen molar-refractivity contribution in [3.05, 3.63) is 52.6 Å². The number of ether oxygens (including phenoxy) is 1. The summed E-state index contributed by atoms with van der Waals surface area (Å²) in [5.74, 6) is -1.86. The van der Waals surface area contributed by atoms with Gasteiger partial charge in [0.25, 0.3) is 0 Å². The second kappa shape index (κ2) is 4.09. The average Bonchev–Trinajstić information content (AvgIpc) is 2.44. The number of carbonyl (C=O) groups excluding carboxylic acids is 2. The Labute approximate surface area is 114 Å². The molecular formula is C15H10O5. The molecule has 1 aliphatic rings. The first-order valence-corrected chi connectivity index (χ1v) is 5.87. The lowest BCUT2D eigenvalue weighted by Crippen LogP contribution is -2.21. The highest BCUT2D eigenvalue weighted by Crippen LogP contribution is 2.43. The highest BCUT2D eigenvalue weighted by molar-refractivity contribution is 6.30. The van der Waals surface area contributed by atoms with E-state index in [4.69, 9.17) is 4.74 Å². The van der Waals surface area contributed by atoms with Crippen molar-refractivity contribution in [2.24, 2.45) is 0 Å². The Hall–Kier alpha value is -2.82. The quantitative estimate of drug-likeness (QED) is 0.705. The minimum absolute atomic E-state index is 0.103. The summed E-state index contributed by atoms with van der Waals surface area (Å²) in [7, 11) is 1.28. The molecule has 5 heteroatoms. The Balaban J connectivity index is 2.42. The number of fused-ring (bicyclic) bond motifs is 2. The molecule has 3 rings (SSSR count). The van der Waals surface area contributed by atoms with Gasteiger partial charge >= 0.3 is 0 Å². The summed E-state index contributed by atoms with van der Waals surface area (Å²) in [5, 5.41) is 19.6. The van der Waals surface area contributed by atoms with Gasteiger partial charge in [0.1, 0.15) is 5.75 Å². The number of phenolic OH excluding ortho intramolecular Hbond substituents is 2. The third kappa shape index (κ3) is 1.43. The Morgan fingerprint density at radius 2 is 1.45 bits per heavy atom. The topological polar surface area (TPSA) is 83.8 Å². The van der Waals surface area contributed by atoms with Crippen LogP contribution in [0, 0.1) is 0 Å². The molecule has 0 heterocycles. The minimum Gasteiger partial charge on any atom is -0.507 e. The van der Waals surface area contributed by atoms with Gasteiger partial charge in [-0.15, -0.1) is 0 Å². The second-order valence-electron chi connectivity index (χ2n) is 4.40. The van der Waals surface area contributed by atoms with Gasteiger partial charge in [-0.1, -0.05) is 24.3 Å². The van der Waals surface area contributed by atoms with Crippen LogP contribution < -0.4 is 4.74 Å². The first-order valence-electron chi connectivity index (χ1n) is 5.87. The molecule has 20 heavy (non-hydrogen) atoms. The number of hydrogen-bond acceptors (Lipinski definition) is 5. The van der Waals surface area contributed by atoms with E-state index in [1.807, 2.05) is 0 Å². The molecule has 0 bridgehead atoms. The van der Waals surface area contributed by atoms with Gasteiger partial charge in [-0.2, -0.15) is 0 Å². The lowest BCUT2D eigenvalue weighted by molar-refractivity contribution is 0.0973. The number of phenols is 2. The monoisotopic (exact) mass is 270 g/mol. The minimum atomic E-state index is -0.467. The van der Waals surface area contributed by atoms with Crippen LogP contribution >= 0.6 is 0 Å². The van der Waals surface area contributed by atoms with E-state index in [-0.39, 0.29) is 33.8 Å². The van der Waals surface area contributed by atoms with E-state index in [0.717, 1.165) is 6.07 Å². The van der Waals surface area contributed by atoms with Crippen LogP contribution in [-0.4, -0.2) is 28.9 Å². The first-order chi connectivity index (χ1) is 9.56. The maximum atomic E-state index is 12.5. The van der Waals surface area contributed by atoms with Crippen LogP contribution in [0.2, 0.25) is 0 Å². The molecule has 2 N–H and O–H groups in total. The molecule has 2 aromatic carbocycles. The van der Waals surface area contributed by atoms with Gasteiger partial charge in [0.2, 0.25) is 0 Å². The molecule has 1 aliphatic carbocycles. The van der Waals surface area contributed by atoms with Crippen molar-refractivity contribution in [2.75, 3.05) is 7.11 Å². The Morgan fingerprint density at radius 3 is 2.00 bits per heavy atom. The van der Waals surface area contributed by atoms with Gasteiger partial charge in [0.15, 0.2) is 23.1 Å². The van der Waals surface area contributed by atoms with Gasteiger partial charge in [-0.05, 0) is 0 Å². The van der Waals surface area contributed by atoms with Gasteiger partial charge in [-0.3, -0.25) is 9.59 Å². The number of rotatable bonds is 1. The third-order valence-corrected chi connectivity index (χ3v) is 3.31. The van der Waals surface area contributed by atoms with E-state index in [0.29, 0.717) is 0 Å². The molecule has 0 atom stereocenters. The molecule has 2 aromatic rings. The van der Waals surface area contributed by atoms with Gasteiger partial charge in [0.05, 0.1) is 18.2 Å². The maximum Gasteiger partial charge on any atom is 0.198 e. The number of aromatic hydroxyl groups is 2. The predicted octanol–water partition coefficient (Wildman–Crippen LogP) is 1.88. The molecular weight excluding hydrogens is 260 g/mol. The van der Waals surface area contributed by atoms with E-state index in [1.165, 1.54) is 19.2 Å². The Bertz CT molecular complexity index is 761. The normalized spacial score (nSPS) is 12.8. The van der Waals surface area contributed by atoms with E-state index >= 15 is 0 Å². The summed E-state index contributed by atoms with van der Waals surface area (Å²) in [5.41, 5.74) is 0.221. The van der Waals surface area contributed by atoms with Crippen LogP contribution in [0.4, 0.5) is 0 Å². The fraction of sp³-hybridized carbons (Fsp3) is 0.0667. The van der Waals surface area contributed by atoms with Gasteiger partial charge in [-0.25, -0.2) is 0 Å². The lowest BCUT2D eigenvalue weighted by Gasteiger charge is -2.20. The van der Waals surface area contributed by atoms with Crippen molar-refractivity contribution in [3.8, 4) is 17.2 Å². The van der Waals surface area contributed by atoms with E-state index in [2.05, 4.69) is 0 Å². The molecule has 0 radical (unpaired) electrons. The van der Waals surface area contributed by atoms with Crippen molar-refractivity contribution in [1.29, 1.82) is 0 Å². The summed E-state index contributed by atoms with van der Waals surface area (Å²) in [6.07, 6.45) is 0. The van der Waals surface area contributed by atoms with E-state index in [9.17, 15) is 19.8 Å². The molecule has 100 valence electrons. The zero-order chi connectivity index (χ0) is 14.4. The average molecular weight is 270 g/mol. The van der Waals surface area contributed by atoms with Crippen molar-refractivity contribution >= 4 is 11.6 Å². The molecule has 0 saturated heterocycles. The molecule has 5 nitrogen and oxygen atoms in total. The fourth-order valence-corrected chi connectivity index (χ4v) is 2.44. The van der Waals surface area contributed by atoms with Crippen LogP contribution in [0.1, 0.15) is 31.8 Å². The predicted molar refractivity (Wildman–Crippen MR) is 69.6 cm³/mol. The summed E-state index contributed by atoms with van der Waals surface area (Å²) in [4.78, 5) is 24.9. The summed E-state index contributed by atoms with van der Waals surface area (Å²) < 4.78 is 5.00. The molecule has 0 saturated carbocycles. The number of hydrogen-bond donors (Lipinski definition) is 2. The van der Waals surface area contributed by atoms with Crippen LogP contribution in [0.5, 0.6) is 17.2 Å². The zero-order valence-corrected chi connectivity index (χ0v) is 10.5. The van der Waals surface area contributed by atoms with Crippen LogP contribution in [0.25, 0.3) is 0 Å². The third-order valence-electron chi connectivity index (χ3n) is 3.31. The SMILES string of the molecule is COc1c(O)cc(O)c2c1C(=O)c1ccccc1C2=O. The van der Waals surface area contributed by atoms with Gasteiger partial charge in [0, 0.05) is 17.2 Å². The summed E-state index contributed by atoms with van der Waals surface area (Å²) >= 11 is 0. The molecule has 0 spiro atoms. The number of benzene rings is 2. The van der Waals surface area contributed by atoms with Crippen LogP contribution in [0.3, 0.4) is 0 Å². The number of ketones is 2.